The van der Waals surface area contributed by atoms with E-state index in [-0.39, 0.29) is 23.6 Å². The zero-order valence-electron chi connectivity index (χ0n) is 15.9. The fraction of sp³-hybridized carbons (Fsp3) is 0.190. The van der Waals surface area contributed by atoms with Crippen LogP contribution in [0.4, 0.5) is 24.8 Å². The second-order valence-electron chi connectivity index (χ2n) is 7.02. The van der Waals surface area contributed by atoms with Crippen molar-refractivity contribution in [3.05, 3.63) is 86.1 Å². The van der Waals surface area contributed by atoms with Gasteiger partial charge in [-0.3, -0.25) is 4.79 Å². The molecule has 0 aliphatic carbocycles. The molecule has 0 atom stereocenters. The molecule has 0 saturated heterocycles. The number of nitrogens with zero attached hydrogens (tertiary/aromatic N) is 2. The number of nitrogens with one attached hydrogen (secondary N) is 2. The Morgan fingerprint density at radius 1 is 1.17 bits per heavy atom. The van der Waals surface area contributed by atoms with Gasteiger partial charge in [0.15, 0.2) is 17.5 Å². The zero-order chi connectivity index (χ0) is 21.4. The van der Waals surface area contributed by atoms with Crippen LogP contribution in [-0.2, 0) is 24.5 Å². The van der Waals surface area contributed by atoms with Crippen LogP contribution in [0, 0.1) is 29.8 Å². The molecule has 0 bridgehead atoms. The molecule has 0 spiro atoms. The lowest BCUT2D eigenvalue weighted by molar-refractivity contribution is 0.134. The molecule has 2 N–H and O–H groups in total. The first-order valence-corrected chi connectivity index (χ1v) is 9.08. The maximum absolute atomic E-state index is 13.6. The zero-order valence-corrected chi connectivity index (χ0v) is 15.9. The average molecular weight is 414 g/mol. The smallest absolute Gasteiger partial charge is 0.283 e. The predicted octanol–water partition coefficient (Wildman–Crippen LogP) is 3.79. The Balaban J connectivity index is 1.76. The molecule has 2 aromatic carbocycles. The van der Waals surface area contributed by atoms with Gasteiger partial charge in [0.1, 0.15) is 0 Å². The number of rotatable bonds is 5. The first-order chi connectivity index (χ1) is 14.4. The normalized spacial score (nSPS) is 12.7. The summed E-state index contributed by atoms with van der Waals surface area (Å²) in [4.78, 5) is 16.2. The van der Waals surface area contributed by atoms with E-state index in [1.807, 2.05) is 19.1 Å². The van der Waals surface area contributed by atoms with Gasteiger partial charge in [-0.2, -0.15) is 4.98 Å². The highest BCUT2D eigenvalue weighted by atomic mass is 19.2. The molecule has 9 heteroatoms. The molecule has 4 rings (SSSR count). The Morgan fingerprint density at radius 2 is 1.83 bits per heavy atom. The van der Waals surface area contributed by atoms with Crippen molar-refractivity contribution < 1.29 is 17.9 Å². The van der Waals surface area contributed by atoms with Crippen LogP contribution >= 0.6 is 0 Å². The summed E-state index contributed by atoms with van der Waals surface area (Å²) in [6.45, 7) is 2.80. The molecule has 6 nitrogen and oxygen atoms in total. The first kappa shape index (κ1) is 19.8. The van der Waals surface area contributed by atoms with E-state index in [2.05, 4.69) is 10.3 Å². The summed E-state index contributed by atoms with van der Waals surface area (Å²) in [5.74, 6) is -4.05. The number of halogens is 3. The van der Waals surface area contributed by atoms with E-state index >= 15 is 0 Å². The molecule has 0 unspecified atom stereocenters. The first-order valence-electron chi connectivity index (χ1n) is 9.08. The van der Waals surface area contributed by atoms with Crippen LogP contribution in [0.1, 0.15) is 27.8 Å². The minimum absolute atomic E-state index is 0.00248. The summed E-state index contributed by atoms with van der Waals surface area (Å²) >= 11 is 0. The quantitative estimate of drug-likeness (QED) is 0.492. The predicted molar refractivity (Wildman–Crippen MR) is 105 cm³/mol. The van der Waals surface area contributed by atoms with E-state index in [4.69, 9.17) is 10.1 Å². The fourth-order valence-electron chi connectivity index (χ4n) is 3.33. The van der Waals surface area contributed by atoms with Crippen molar-refractivity contribution in [2.24, 2.45) is 0 Å². The number of hydrogen-bond donors (Lipinski definition) is 2. The summed E-state index contributed by atoms with van der Waals surface area (Å²) in [5.41, 5.74) is 3.20. The Labute approximate surface area is 169 Å². The van der Waals surface area contributed by atoms with Gasteiger partial charge in [0.2, 0.25) is 5.95 Å². The molecular weight excluding hydrogens is 397 g/mol. The largest absolute Gasteiger partial charge is 0.372 e. The second-order valence-corrected chi connectivity index (χ2v) is 7.02. The minimum atomic E-state index is -1.55. The Hall–Kier alpha value is -3.46. The highest BCUT2D eigenvalue weighted by Gasteiger charge is 2.16. The molecule has 0 amide bonds. The summed E-state index contributed by atoms with van der Waals surface area (Å²) < 4.78 is 47.4. The van der Waals surface area contributed by atoms with Gasteiger partial charge in [-0.15, -0.1) is 0 Å². The van der Waals surface area contributed by atoms with E-state index in [0.29, 0.717) is 18.9 Å². The van der Waals surface area contributed by atoms with Gasteiger partial charge >= 0.3 is 0 Å². The Kier molecular flexibility index (Phi) is 5.13. The third kappa shape index (κ3) is 3.71. The molecule has 2 heterocycles. The molecule has 0 fully saturated rings. The number of anilines is 2. The molecule has 0 saturated carbocycles. The number of fused-ring (bicyclic) bond motifs is 1. The van der Waals surface area contributed by atoms with Crippen LogP contribution in [0.2, 0.25) is 0 Å². The van der Waals surface area contributed by atoms with Gasteiger partial charge in [0.25, 0.3) is 5.56 Å². The van der Waals surface area contributed by atoms with Gasteiger partial charge in [-0.25, -0.2) is 13.2 Å². The number of aromatic nitrogens is 2. The monoisotopic (exact) mass is 414 g/mol. The highest BCUT2D eigenvalue weighted by molar-refractivity contribution is 5.76. The number of benzene rings is 2. The third-order valence-corrected chi connectivity index (χ3v) is 4.88. The topological polar surface area (TPSA) is 80.0 Å². The number of aryl methyl sites for hydroxylation is 1. The molecule has 154 valence electrons. The lowest BCUT2D eigenvalue weighted by Crippen LogP contribution is -2.21. The van der Waals surface area contributed by atoms with E-state index in [0.717, 1.165) is 35.0 Å². The van der Waals surface area contributed by atoms with E-state index in [1.54, 1.807) is 0 Å². The van der Waals surface area contributed by atoms with Crippen LogP contribution in [0.3, 0.4) is 0 Å². The van der Waals surface area contributed by atoms with Gasteiger partial charge in [0.05, 0.1) is 25.3 Å². The van der Waals surface area contributed by atoms with Gasteiger partial charge in [-0.05, 0) is 47.4 Å². The van der Waals surface area contributed by atoms with Crippen LogP contribution in [0.5, 0.6) is 0 Å². The van der Waals surface area contributed by atoms with Crippen molar-refractivity contribution in [2.75, 3.05) is 5.32 Å². The maximum atomic E-state index is 13.6. The summed E-state index contributed by atoms with van der Waals surface area (Å²) in [7, 11) is 0. The van der Waals surface area contributed by atoms with E-state index in [9.17, 15) is 18.0 Å². The Morgan fingerprint density at radius 3 is 2.50 bits per heavy atom. The van der Waals surface area contributed by atoms with Gasteiger partial charge < -0.3 is 20.0 Å². The molecule has 0 radical (unpaired) electrons. The van der Waals surface area contributed by atoms with Crippen LogP contribution < -0.4 is 10.9 Å². The molecule has 1 aromatic heterocycles. The van der Waals surface area contributed by atoms with Crippen molar-refractivity contribution in [1.29, 1.82) is 5.41 Å². The molecule has 30 heavy (non-hydrogen) atoms. The highest BCUT2D eigenvalue weighted by Crippen LogP contribution is 2.28. The standard InChI is InChI=1S/C21H17F3N4O2/c1-11-2-13-9-30-10-14(13)5-18(11)26-21-27-20(29)15(6-25)8-28(21)7-12-3-16(22)19(24)17(23)4-12/h2-6,8,25H,7,9-10H2,1H3,(H,26,27,29). The SMILES string of the molecule is Cc1cc2c(cc1Nc1nc(=O)c(C=N)cn1Cc1cc(F)c(F)c(F)c1)COC2. The molecule has 1 aliphatic heterocycles. The average Bonchev–Trinajstić information content (AvgIpc) is 3.15. The van der Waals surface area contributed by atoms with Crippen LogP contribution in [0.15, 0.2) is 35.3 Å². The summed E-state index contributed by atoms with van der Waals surface area (Å²) in [5, 5.41) is 10.5. The van der Waals surface area contributed by atoms with E-state index < -0.39 is 23.0 Å². The van der Waals surface area contributed by atoms with Gasteiger partial charge in [-0.1, -0.05) is 6.07 Å². The van der Waals surface area contributed by atoms with Crippen molar-refractivity contribution in [3.63, 3.8) is 0 Å². The van der Waals surface area contributed by atoms with Crippen LogP contribution in [0.25, 0.3) is 0 Å². The lowest BCUT2D eigenvalue weighted by atomic mass is 10.1. The fourth-order valence-corrected chi connectivity index (χ4v) is 3.33. The molecule has 3 aromatic rings. The van der Waals surface area contributed by atoms with E-state index in [1.165, 1.54) is 10.8 Å². The maximum Gasteiger partial charge on any atom is 0.283 e. The van der Waals surface area contributed by atoms with Crippen molar-refractivity contribution in [2.45, 2.75) is 26.7 Å². The third-order valence-electron chi connectivity index (χ3n) is 4.88. The van der Waals surface area contributed by atoms with Crippen molar-refractivity contribution in [3.8, 4) is 0 Å². The van der Waals surface area contributed by atoms with Crippen molar-refractivity contribution >= 4 is 17.9 Å². The van der Waals surface area contributed by atoms with Crippen LogP contribution in [-0.4, -0.2) is 15.8 Å². The summed E-state index contributed by atoms with van der Waals surface area (Å²) in [6, 6.07) is 5.63. The molecule has 1 aliphatic rings. The van der Waals surface area contributed by atoms with Crippen molar-refractivity contribution in [1.82, 2.24) is 9.55 Å². The summed E-state index contributed by atoms with van der Waals surface area (Å²) in [6.07, 6.45) is 2.20. The number of hydrogen-bond acceptors (Lipinski definition) is 5. The second kappa shape index (κ2) is 7.75. The molecular formula is C21H17F3N4O2. The minimum Gasteiger partial charge on any atom is -0.372 e. The lowest BCUT2D eigenvalue weighted by Gasteiger charge is -2.17. The van der Waals surface area contributed by atoms with Gasteiger partial charge in [0, 0.05) is 18.1 Å². The number of ether oxygens (including phenoxy) is 1. The Bertz CT molecular complexity index is 1200.